The Morgan fingerprint density at radius 2 is 2.14 bits per heavy atom. The Morgan fingerprint density at radius 3 is 2.73 bits per heavy atom. The molecule has 1 unspecified atom stereocenters. The molecule has 3 rings (SSSR count). The lowest BCUT2D eigenvalue weighted by atomic mass is 10.2. The van der Waals surface area contributed by atoms with Gasteiger partial charge in [0.25, 0.3) is 0 Å². The minimum atomic E-state index is -3.67. The molecule has 1 heterocycles. The highest BCUT2D eigenvalue weighted by atomic mass is 35.5. The van der Waals surface area contributed by atoms with Crippen LogP contribution in [-0.2, 0) is 17.1 Å². The second-order valence-electron chi connectivity index (χ2n) is 5.36. The molecule has 1 aromatic heterocycles. The molecule has 1 aliphatic rings. The van der Waals surface area contributed by atoms with Gasteiger partial charge in [-0.3, -0.25) is 4.57 Å². The molecule has 122 valence electrons. The van der Waals surface area contributed by atoms with Gasteiger partial charge in [0.2, 0.25) is 10.0 Å². The number of hydrogen-bond donors (Lipinski definition) is 2. The summed E-state index contributed by atoms with van der Waals surface area (Å²) in [6.07, 6.45) is 1.99. The fourth-order valence-corrected chi connectivity index (χ4v) is 3.72. The standard InChI is InChI=1S/C13H17N3O4S.ClH/c1-16-11-5-4-9(6-12(11)20-13(16)17)21(18,19)15-10(7-14)8-2-3-8;/h4-6,8,10,15H,2-3,7,14H2,1H3;1H. The lowest BCUT2D eigenvalue weighted by Crippen LogP contribution is -2.41. The van der Waals surface area contributed by atoms with E-state index in [1.807, 2.05) is 0 Å². The maximum atomic E-state index is 12.4. The Bertz CT molecular complexity index is 839. The van der Waals surface area contributed by atoms with Crippen molar-refractivity contribution in [3.8, 4) is 0 Å². The second kappa shape index (κ2) is 6.04. The van der Waals surface area contributed by atoms with Crippen LogP contribution in [0.25, 0.3) is 11.1 Å². The van der Waals surface area contributed by atoms with Crippen LogP contribution in [0.15, 0.2) is 32.3 Å². The van der Waals surface area contributed by atoms with Crippen LogP contribution >= 0.6 is 12.4 Å². The first-order chi connectivity index (χ1) is 9.92. The number of halogens is 1. The van der Waals surface area contributed by atoms with Gasteiger partial charge in [-0.2, -0.15) is 0 Å². The predicted octanol–water partition coefficient (Wildman–Crippen LogP) is 0.569. The zero-order valence-electron chi connectivity index (χ0n) is 12.0. The van der Waals surface area contributed by atoms with Gasteiger partial charge in [0.1, 0.15) is 0 Å². The van der Waals surface area contributed by atoms with Crippen molar-refractivity contribution < 1.29 is 12.8 Å². The van der Waals surface area contributed by atoms with E-state index < -0.39 is 15.8 Å². The highest BCUT2D eigenvalue weighted by Crippen LogP contribution is 2.33. The molecule has 1 atom stereocenters. The number of nitrogens with one attached hydrogen (secondary N) is 1. The van der Waals surface area contributed by atoms with Crippen LogP contribution in [0.5, 0.6) is 0 Å². The molecule has 3 N–H and O–H groups in total. The van der Waals surface area contributed by atoms with Crippen molar-refractivity contribution in [2.45, 2.75) is 23.8 Å². The third-order valence-corrected chi connectivity index (χ3v) is 5.31. The number of nitrogens with zero attached hydrogens (tertiary/aromatic N) is 1. The lowest BCUT2D eigenvalue weighted by molar-refractivity contribution is 0.517. The zero-order chi connectivity index (χ0) is 15.2. The summed E-state index contributed by atoms with van der Waals surface area (Å²) in [7, 11) is -2.11. The SMILES string of the molecule is Cl.Cn1c(=O)oc2cc(S(=O)(=O)NC(CN)C3CC3)ccc21. The summed E-state index contributed by atoms with van der Waals surface area (Å²) in [5.41, 5.74) is 6.43. The monoisotopic (exact) mass is 347 g/mol. The average molecular weight is 348 g/mol. The van der Waals surface area contributed by atoms with Crippen molar-refractivity contribution in [3.63, 3.8) is 0 Å². The first-order valence-corrected chi connectivity index (χ1v) is 8.22. The Balaban J connectivity index is 0.00000176. The summed E-state index contributed by atoms with van der Waals surface area (Å²) in [5, 5.41) is 0. The van der Waals surface area contributed by atoms with Gasteiger partial charge < -0.3 is 10.2 Å². The highest BCUT2D eigenvalue weighted by molar-refractivity contribution is 7.89. The van der Waals surface area contributed by atoms with E-state index >= 15 is 0 Å². The van der Waals surface area contributed by atoms with E-state index in [1.165, 1.54) is 16.7 Å². The van der Waals surface area contributed by atoms with Crippen molar-refractivity contribution >= 4 is 33.5 Å². The number of sulfonamides is 1. The maximum absolute atomic E-state index is 12.4. The second-order valence-corrected chi connectivity index (χ2v) is 7.07. The quantitative estimate of drug-likeness (QED) is 0.822. The normalized spacial score (nSPS) is 16.5. The van der Waals surface area contributed by atoms with Crippen molar-refractivity contribution in [2.24, 2.45) is 18.7 Å². The maximum Gasteiger partial charge on any atom is 0.419 e. The predicted molar refractivity (Wildman–Crippen MR) is 84.6 cm³/mol. The highest BCUT2D eigenvalue weighted by Gasteiger charge is 2.33. The molecule has 22 heavy (non-hydrogen) atoms. The van der Waals surface area contributed by atoms with Gasteiger partial charge >= 0.3 is 5.76 Å². The number of oxazole rings is 1. The van der Waals surface area contributed by atoms with Crippen LogP contribution in [0.1, 0.15) is 12.8 Å². The molecule has 1 fully saturated rings. The summed E-state index contributed by atoms with van der Waals surface area (Å²) in [4.78, 5) is 11.5. The molecular weight excluding hydrogens is 330 g/mol. The summed E-state index contributed by atoms with van der Waals surface area (Å²) >= 11 is 0. The van der Waals surface area contributed by atoms with E-state index in [2.05, 4.69) is 4.72 Å². The molecule has 7 nitrogen and oxygen atoms in total. The molecule has 0 saturated heterocycles. The van der Waals surface area contributed by atoms with Crippen molar-refractivity contribution in [3.05, 3.63) is 28.7 Å². The van der Waals surface area contributed by atoms with Gasteiger partial charge in [-0.05, 0) is 30.9 Å². The van der Waals surface area contributed by atoms with Crippen LogP contribution < -0.4 is 16.2 Å². The molecule has 1 aliphatic carbocycles. The first kappa shape index (κ1) is 17.0. The Hall–Kier alpha value is -1.35. The van der Waals surface area contributed by atoms with E-state index in [4.69, 9.17) is 10.2 Å². The van der Waals surface area contributed by atoms with E-state index in [0.29, 0.717) is 11.4 Å². The van der Waals surface area contributed by atoms with Crippen LogP contribution in [0.2, 0.25) is 0 Å². The summed E-state index contributed by atoms with van der Waals surface area (Å²) in [5.74, 6) is -0.200. The fraction of sp³-hybridized carbons (Fsp3) is 0.462. The largest absolute Gasteiger partial charge is 0.419 e. The molecule has 0 radical (unpaired) electrons. The van der Waals surface area contributed by atoms with Crippen molar-refractivity contribution in [2.75, 3.05) is 6.54 Å². The molecule has 0 aliphatic heterocycles. The number of benzene rings is 1. The number of aryl methyl sites for hydroxylation is 1. The number of aromatic nitrogens is 1. The van der Waals surface area contributed by atoms with Crippen molar-refractivity contribution in [1.29, 1.82) is 0 Å². The molecule has 0 bridgehead atoms. The Morgan fingerprint density at radius 1 is 1.45 bits per heavy atom. The van der Waals surface area contributed by atoms with Gasteiger partial charge in [-0.25, -0.2) is 17.9 Å². The van der Waals surface area contributed by atoms with Gasteiger partial charge in [0.15, 0.2) is 5.58 Å². The van der Waals surface area contributed by atoms with Crippen LogP contribution in [-0.4, -0.2) is 25.6 Å². The molecular formula is C13H18ClN3O4S. The minimum absolute atomic E-state index is 0. The van der Waals surface area contributed by atoms with Gasteiger partial charge in [0.05, 0.1) is 10.4 Å². The first-order valence-electron chi connectivity index (χ1n) is 6.74. The Kier molecular flexibility index (Phi) is 4.67. The van der Waals surface area contributed by atoms with E-state index in [9.17, 15) is 13.2 Å². The van der Waals surface area contributed by atoms with Crippen molar-refractivity contribution in [1.82, 2.24) is 9.29 Å². The summed E-state index contributed by atoms with van der Waals surface area (Å²) in [6, 6.07) is 4.14. The van der Waals surface area contributed by atoms with E-state index in [0.717, 1.165) is 12.8 Å². The van der Waals surface area contributed by atoms with E-state index in [-0.39, 0.29) is 35.5 Å². The number of nitrogens with two attached hydrogens (primary N) is 1. The molecule has 0 spiro atoms. The van der Waals surface area contributed by atoms with Crippen LogP contribution in [0.3, 0.4) is 0 Å². The molecule has 1 saturated carbocycles. The summed E-state index contributed by atoms with van der Waals surface area (Å²) in [6.45, 7) is 0.270. The average Bonchev–Trinajstić information content (AvgIpc) is 3.24. The number of fused-ring (bicyclic) bond motifs is 1. The molecule has 2 aromatic rings. The fourth-order valence-electron chi connectivity index (χ4n) is 2.38. The number of rotatable bonds is 5. The lowest BCUT2D eigenvalue weighted by Gasteiger charge is -2.16. The molecule has 0 amide bonds. The van der Waals surface area contributed by atoms with Crippen LogP contribution in [0.4, 0.5) is 0 Å². The number of hydrogen-bond acceptors (Lipinski definition) is 5. The Labute approximate surface area is 133 Å². The van der Waals surface area contributed by atoms with Gasteiger partial charge in [-0.1, -0.05) is 0 Å². The minimum Gasteiger partial charge on any atom is -0.408 e. The van der Waals surface area contributed by atoms with Gasteiger partial charge in [-0.15, -0.1) is 12.4 Å². The van der Waals surface area contributed by atoms with Crippen LogP contribution in [0, 0.1) is 5.92 Å². The van der Waals surface area contributed by atoms with Gasteiger partial charge in [0, 0.05) is 25.7 Å². The summed E-state index contributed by atoms with van der Waals surface area (Å²) < 4.78 is 33.7. The third kappa shape index (κ3) is 3.05. The third-order valence-electron chi connectivity index (χ3n) is 3.83. The zero-order valence-corrected chi connectivity index (χ0v) is 13.6. The smallest absolute Gasteiger partial charge is 0.408 e. The molecule has 1 aromatic carbocycles. The van der Waals surface area contributed by atoms with E-state index in [1.54, 1.807) is 13.1 Å². The topological polar surface area (TPSA) is 107 Å². The molecule has 9 heteroatoms.